The quantitative estimate of drug-likeness (QED) is 0.525. The lowest BCUT2D eigenvalue weighted by molar-refractivity contribution is 0.0691. The summed E-state index contributed by atoms with van der Waals surface area (Å²) >= 11 is 0. The number of hydrogen-bond acceptors (Lipinski definition) is 5. The van der Waals surface area contributed by atoms with Crippen molar-refractivity contribution in [2.24, 2.45) is 0 Å². The minimum atomic E-state index is -4.21. The van der Waals surface area contributed by atoms with Crippen LogP contribution in [0, 0.1) is 6.92 Å². The highest BCUT2D eigenvalue weighted by atomic mass is 32.2. The van der Waals surface area contributed by atoms with Gasteiger partial charge < -0.3 is 15.5 Å². The Bertz CT molecular complexity index is 1170. The molecule has 0 aliphatic carbocycles. The molecule has 0 aliphatic rings. The molecule has 0 aliphatic heterocycles. The molecule has 2 aromatic carbocycles. The second-order valence-electron chi connectivity index (χ2n) is 6.60. The summed E-state index contributed by atoms with van der Waals surface area (Å²) in [5.41, 5.74) is 1.06. The fraction of sp³-hybridized carbons (Fsp3) is 0.150. The van der Waals surface area contributed by atoms with Crippen LogP contribution in [0.1, 0.15) is 33.5 Å². The number of amides is 1. The molecule has 0 saturated heterocycles. The summed E-state index contributed by atoms with van der Waals surface area (Å²) in [6.07, 6.45) is -0.434. The van der Waals surface area contributed by atoms with Gasteiger partial charge in [0.2, 0.25) is 0 Å². The van der Waals surface area contributed by atoms with E-state index in [9.17, 15) is 28.2 Å². The fourth-order valence-corrected chi connectivity index (χ4v) is 4.30. The average molecular weight is 429 g/mol. The first-order valence-corrected chi connectivity index (χ1v) is 10.3. The molecule has 3 N–H and O–H groups in total. The van der Waals surface area contributed by atoms with Gasteiger partial charge in [0.1, 0.15) is 5.82 Å². The number of carboxylic acids is 1. The Kier molecular flexibility index (Phi) is 5.88. The van der Waals surface area contributed by atoms with Crippen LogP contribution in [0.25, 0.3) is 0 Å². The normalized spacial score (nSPS) is 12.3. The molecular formula is C20H19N3O6S. The van der Waals surface area contributed by atoms with E-state index in [1.54, 1.807) is 49.4 Å². The van der Waals surface area contributed by atoms with Gasteiger partial charge in [-0.2, -0.15) is 0 Å². The Hall–Kier alpha value is -3.66. The van der Waals surface area contributed by atoms with Gasteiger partial charge in [-0.25, -0.2) is 27.0 Å². The van der Waals surface area contributed by atoms with Crippen LogP contribution in [0.4, 0.5) is 4.79 Å². The van der Waals surface area contributed by atoms with E-state index in [-0.39, 0.29) is 17.1 Å². The van der Waals surface area contributed by atoms with Crippen LogP contribution in [0.2, 0.25) is 0 Å². The predicted octanol–water partition coefficient (Wildman–Crippen LogP) is 2.68. The number of rotatable bonds is 7. The number of aromatic nitrogens is 2. The molecule has 1 atom stereocenters. The molecule has 1 aromatic heterocycles. The van der Waals surface area contributed by atoms with Crippen LogP contribution in [0.3, 0.4) is 0 Å². The average Bonchev–Trinajstić information content (AvgIpc) is 3.15. The summed E-state index contributed by atoms with van der Waals surface area (Å²) < 4.78 is 27.1. The van der Waals surface area contributed by atoms with Gasteiger partial charge in [-0.3, -0.25) is 0 Å². The topological polar surface area (TPSA) is 139 Å². The van der Waals surface area contributed by atoms with Gasteiger partial charge in [0.05, 0.1) is 17.1 Å². The number of aryl methyl sites for hydroxylation is 1. The molecule has 30 heavy (non-hydrogen) atoms. The number of nitrogens with zero attached hydrogens (tertiary/aromatic N) is 2. The van der Waals surface area contributed by atoms with Crippen molar-refractivity contribution in [1.29, 1.82) is 0 Å². The molecule has 0 unspecified atom stereocenters. The third-order valence-electron chi connectivity index (χ3n) is 4.39. The zero-order valence-corrected chi connectivity index (χ0v) is 16.7. The van der Waals surface area contributed by atoms with Crippen molar-refractivity contribution in [2.75, 3.05) is 0 Å². The minimum absolute atomic E-state index is 0.0718. The number of hydrogen-bond donors (Lipinski definition) is 3. The van der Waals surface area contributed by atoms with E-state index in [0.717, 1.165) is 21.3 Å². The maximum atomic E-state index is 13.2. The summed E-state index contributed by atoms with van der Waals surface area (Å²) in [6, 6.07) is 13.7. The Labute approximate surface area is 172 Å². The Balaban J connectivity index is 2.15. The second-order valence-corrected chi connectivity index (χ2v) is 8.41. The van der Waals surface area contributed by atoms with E-state index in [1.165, 1.54) is 12.1 Å². The smallest absolute Gasteiger partial charge is 0.405 e. The maximum Gasteiger partial charge on any atom is 0.405 e. The van der Waals surface area contributed by atoms with Crippen LogP contribution in [0.15, 0.2) is 65.7 Å². The highest BCUT2D eigenvalue weighted by Gasteiger charge is 2.29. The molecule has 0 radical (unpaired) electrons. The summed E-state index contributed by atoms with van der Waals surface area (Å²) in [6.45, 7) is 1.80. The van der Waals surface area contributed by atoms with Crippen molar-refractivity contribution < 1.29 is 28.2 Å². The summed E-state index contributed by atoms with van der Waals surface area (Å²) in [4.78, 5) is 26.7. The van der Waals surface area contributed by atoms with Gasteiger partial charge in [0, 0.05) is 6.42 Å². The van der Waals surface area contributed by atoms with Crippen molar-refractivity contribution in [1.82, 2.24) is 14.3 Å². The number of imidazole rings is 1. The van der Waals surface area contributed by atoms with Gasteiger partial charge in [0.25, 0.3) is 10.0 Å². The maximum absolute atomic E-state index is 13.2. The van der Waals surface area contributed by atoms with Crippen molar-refractivity contribution in [3.05, 3.63) is 83.4 Å². The fourth-order valence-electron chi connectivity index (χ4n) is 2.94. The minimum Gasteiger partial charge on any atom is -0.476 e. The zero-order valence-electron chi connectivity index (χ0n) is 15.9. The van der Waals surface area contributed by atoms with E-state index < -0.39 is 33.8 Å². The van der Waals surface area contributed by atoms with Gasteiger partial charge >= 0.3 is 12.1 Å². The van der Waals surface area contributed by atoms with Crippen LogP contribution in [-0.2, 0) is 16.4 Å². The SMILES string of the molecule is Cc1ccc(S(=O)(=O)n2cc(C(=O)O)nc2[C@H](Cc2ccccc2)NC(=O)O)cc1. The van der Waals surface area contributed by atoms with E-state index >= 15 is 0 Å². The highest BCUT2D eigenvalue weighted by molar-refractivity contribution is 7.90. The summed E-state index contributed by atoms with van der Waals surface area (Å²) in [5, 5.41) is 20.9. The number of aromatic carboxylic acids is 1. The number of carboxylic acid groups (broad SMARTS) is 2. The first kappa shape index (κ1) is 21.1. The van der Waals surface area contributed by atoms with Crippen LogP contribution >= 0.6 is 0 Å². The first-order valence-electron chi connectivity index (χ1n) is 8.86. The summed E-state index contributed by atoms with van der Waals surface area (Å²) in [7, 11) is -4.21. The van der Waals surface area contributed by atoms with Crippen molar-refractivity contribution in [2.45, 2.75) is 24.3 Å². The third kappa shape index (κ3) is 4.49. The molecule has 0 spiro atoms. The molecule has 3 rings (SSSR count). The monoisotopic (exact) mass is 429 g/mol. The first-order chi connectivity index (χ1) is 14.2. The molecular weight excluding hydrogens is 410 g/mol. The zero-order chi connectivity index (χ0) is 21.9. The molecule has 0 saturated carbocycles. The molecule has 0 fully saturated rings. The number of benzene rings is 2. The molecule has 3 aromatic rings. The van der Waals surface area contributed by atoms with Crippen molar-refractivity contribution in [3.8, 4) is 0 Å². The molecule has 10 heteroatoms. The van der Waals surface area contributed by atoms with Gasteiger partial charge in [0.15, 0.2) is 5.69 Å². The van der Waals surface area contributed by atoms with Gasteiger partial charge in [-0.15, -0.1) is 0 Å². The highest BCUT2D eigenvalue weighted by Crippen LogP contribution is 2.24. The summed E-state index contributed by atoms with van der Waals surface area (Å²) in [5.74, 6) is -1.66. The van der Waals surface area contributed by atoms with E-state index in [0.29, 0.717) is 0 Å². The van der Waals surface area contributed by atoms with Crippen LogP contribution < -0.4 is 5.32 Å². The predicted molar refractivity (Wildman–Crippen MR) is 107 cm³/mol. The Morgan fingerprint density at radius 3 is 2.27 bits per heavy atom. The van der Waals surface area contributed by atoms with Crippen molar-refractivity contribution >= 4 is 22.1 Å². The van der Waals surface area contributed by atoms with E-state index in [1.807, 2.05) is 0 Å². The second kappa shape index (κ2) is 8.37. The van der Waals surface area contributed by atoms with Gasteiger partial charge in [-0.1, -0.05) is 48.0 Å². The Morgan fingerprint density at radius 2 is 1.70 bits per heavy atom. The van der Waals surface area contributed by atoms with Crippen LogP contribution in [-0.4, -0.2) is 39.6 Å². The lowest BCUT2D eigenvalue weighted by atomic mass is 10.1. The Morgan fingerprint density at radius 1 is 1.07 bits per heavy atom. The number of carbonyl (C=O) groups is 2. The lowest BCUT2D eigenvalue weighted by Gasteiger charge is -2.18. The van der Waals surface area contributed by atoms with E-state index in [2.05, 4.69) is 10.3 Å². The van der Waals surface area contributed by atoms with Crippen LogP contribution in [0.5, 0.6) is 0 Å². The molecule has 0 bridgehead atoms. The molecule has 1 amide bonds. The lowest BCUT2D eigenvalue weighted by Crippen LogP contribution is -2.32. The molecule has 9 nitrogen and oxygen atoms in total. The van der Waals surface area contributed by atoms with E-state index in [4.69, 9.17) is 0 Å². The molecule has 156 valence electrons. The molecule has 1 heterocycles. The van der Waals surface area contributed by atoms with Crippen molar-refractivity contribution in [3.63, 3.8) is 0 Å². The standard InChI is InChI=1S/C20H19N3O6S/c1-13-7-9-15(10-8-13)30(28,29)23-12-17(19(24)25)21-18(23)16(22-20(26)27)11-14-5-3-2-4-6-14/h2-10,12,16,22H,11H2,1H3,(H,24,25)(H,26,27)/t16-/m0/s1. The largest absolute Gasteiger partial charge is 0.476 e. The number of nitrogens with one attached hydrogen (secondary N) is 1. The van der Waals surface area contributed by atoms with Gasteiger partial charge in [-0.05, 0) is 24.6 Å². The third-order valence-corrected chi connectivity index (χ3v) is 6.07.